The molecule has 1 spiro atoms. The maximum atomic E-state index is 12.9. The van der Waals surface area contributed by atoms with Gasteiger partial charge in [-0.25, -0.2) is 0 Å². The Morgan fingerprint density at radius 2 is 2.00 bits per heavy atom. The molecular formula is C18H25NO2. The first kappa shape index (κ1) is 14.7. The van der Waals surface area contributed by atoms with E-state index in [1.54, 1.807) is 0 Å². The van der Waals surface area contributed by atoms with E-state index in [2.05, 4.69) is 4.98 Å². The van der Waals surface area contributed by atoms with Crippen molar-refractivity contribution in [1.82, 2.24) is 4.98 Å². The number of aromatic nitrogens is 1. The average molecular weight is 287 g/mol. The molecule has 2 fully saturated rings. The van der Waals surface area contributed by atoms with Crippen molar-refractivity contribution < 1.29 is 9.53 Å². The van der Waals surface area contributed by atoms with Crippen LogP contribution in [0, 0.1) is 19.8 Å². The fourth-order valence-electron chi connectivity index (χ4n) is 3.96. The summed E-state index contributed by atoms with van der Waals surface area (Å²) in [6, 6.07) is 3.89. The van der Waals surface area contributed by atoms with E-state index in [0.29, 0.717) is 0 Å². The standard InChI is InChI=1S/C18H25NO2/c1-13-6-7-16(14(2)19-13)17(20)15-8-11-21-18(12-15)9-4-3-5-10-18/h6-7,15H,3-5,8-12H2,1-2H3. The summed E-state index contributed by atoms with van der Waals surface area (Å²) >= 11 is 0. The molecule has 0 bridgehead atoms. The van der Waals surface area contributed by atoms with Gasteiger partial charge in [0.15, 0.2) is 5.78 Å². The second kappa shape index (κ2) is 5.88. The minimum absolute atomic E-state index is 0.0111. The van der Waals surface area contributed by atoms with Crippen LogP contribution in [0.2, 0.25) is 0 Å². The summed E-state index contributed by atoms with van der Waals surface area (Å²) < 4.78 is 6.10. The number of carbonyl (C=O) groups excluding carboxylic acids is 1. The molecule has 1 saturated carbocycles. The molecule has 2 aliphatic rings. The SMILES string of the molecule is Cc1ccc(C(=O)C2CCOC3(CCCCC3)C2)c(C)n1. The molecule has 1 aromatic heterocycles. The fourth-order valence-corrected chi connectivity index (χ4v) is 3.96. The summed E-state index contributed by atoms with van der Waals surface area (Å²) in [5.41, 5.74) is 2.63. The zero-order chi connectivity index (χ0) is 14.9. The van der Waals surface area contributed by atoms with Gasteiger partial charge in [0, 0.05) is 29.5 Å². The fraction of sp³-hybridized carbons (Fsp3) is 0.667. The molecule has 1 atom stereocenters. The molecule has 1 aliphatic carbocycles. The first-order valence-corrected chi connectivity index (χ1v) is 8.22. The Balaban J connectivity index is 1.77. The molecule has 3 heteroatoms. The van der Waals surface area contributed by atoms with Crippen LogP contribution in [0.15, 0.2) is 12.1 Å². The van der Waals surface area contributed by atoms with Gasteiger partial charge >= 0.3 is 0 Å². The lowest BCUT2D eigenvalue weighted by Gasteiger charge is -2.43. The van der Waals surface area contributed by atoms with E-state index in [4.69, 9.17) is 4.74 Å². The molecule has 1 unspecified atom stereocenters. The molecule has 1 aliphatic heterocycles. The minimum Gasteiger partial charge on any atom is -0.375 e. The van der Waals surface area contributed by atoms with Gasteiger partial charge in [0.25, 0.3) is 0 Å². The topological polar surface area (TPSA) is 39.2 Å². The second-order valence-corrected chi connectivity index (χ2v) is 6.73. The lowest BCUT2D eigenvalue weighted by atomic mass is 9.74. The number of rotatable bonds is 2. The van der Waals surface area contributed by atoms with Crippen molar-refractivity contribution in [3.05, 3.63) is 29.1 Å². The highest BCUT2D eigenvalue weighted by Gasteiger charge is 2.41. The highest BCUT2D eigenvalue weighted by atomic mass is 16.5. The van der Waals surface area contributed by atoms with Crippen molar-refractivity contribution >= 4 is 5.78 Å². The van der Waals surface area contributed by atoms with E-state index in [-0.39, 0.29) is 17.3 Å². The first-order valence-electron chi connectivity index (χ1n) is 8.22. The van der Waals surface area contributed by atoms with Crippen LogP contribution in [0.3, 0.4) is 0 Å². The van der Waals surface area contributed by atoms with Crippen LogP contribution in [0.1, 0.15) is 66.7 Å². The number of ketones is 1. The molecule has 114 valence electrons. The Morgan fingerprint density at radius 1 is 1.24 bits per heavy atom. The smallest absolute Gasteiger partial charge is 0.167 e. The highest BCUT2D eigenvalue weighted by Crippen LogP contribution is 2.41. The van der Waals surface area contributed by atoms with Crippen LogP contribution in [-0.2, 0) is 4.74 Å². The Kier molecular flexibility index (Phi) is 4.12. The van der Waals surface area contributed by atoms with E-state index in [0.717, 1.165) is 49.2 Å². The molecule has 3 nitrogen and oxygen atoms in total. The largest absolute Gasteiger partial charge is 0.375 e. The highest BCUT2D eigenvalue weighted by molar-refractivity contribution is 5.98. The molecular weight excluding hydrogens is 262 g/mol. The molecule has 2 heterocycles. The van der Waals surface area contributed by atoms with Crippen molar-refractivity contribution in [2.24, 2.45) is 5.92 Å². The lowest BCUT2D eigenvalue weighted by molar-refractivity contribution is -0.111. The zero-order valence-electron chi connectivity index (χ0n) is 13.2. The van der Waals surface area contributed by atoms with Crippen molar-refractivity contribution in [3.63, 3.8) is 0 Å². The summed E-state index contributed by atoms with van der Waals surface area (Å²) in [7, 11) is 0. The van der Waals surface area contributed by atoms with E-state index in [9.17, 15) is 4.79 Å². The Bertz CT molecular complexity index is 527. The second-order valence-electron chi connectivity index (χ2n) is 6.73. The van der Waals surface area contributed by atoms with E-state index < -0.39 is 0 Å². The van der Waals surface area contributed by atoms with E-state index in [1.165, 1.54) is 19.3 Å². The van der Waals surface area contributed by atoms with Crippen LogP contribution < -0.4 is 0 Å². The summed E-state index contributed by atoms with van der Waals surface area (Å²) in [6.07, 6.45) is 7.81. The van der Waals surface area contributed by atoms with Gasteiger partial charge in [-0.2, -0.15) is 0 Å². The van der Waals surface area contributed by atoms with Crippen molar-refractivity contribution in [2.75, 3.05) is 6.61 Å². The molecule has 0 amide bonds. The number of nitrogens with zero attached hydrogens (tertiary/aromatic N) is 1. The number of aryl methyl sites for hydroxylation is 2. The third-order valence-electron chi connectivity index (χ3n) is 5.12. The molecule has 0 aromatic carbocycles. The summed E-state index contributed by atoms with van der Waals surface area (Å²) in [6.45, 7) is 4.64. The maximum absolute atomic E-state index is 12.9. The zero-order valence-corrected chi connectivity index (χ0v) is 13.2. The predicted molar refractivity (Wildman–Crippen MR) is 82.5 cm³/mol. The van der Waals surface area contributed by atoms with Gasteiger partial charge in [-0.1, -0.05) is 19.3 Å². The quantitative estimate of drug-likeness (QED) is 0.771. The van der Waals surface area contributed by atoms with Gasteiger partial charge in [-0.3, -0.25) is 9.78 Å². The van der Waals surface area contributed by atoms with Crippen molar-refractivity contribution in [2.45, 2.75) is 64.4 Å². The third-order valence-corrected chi connectivity index (χ3v) is 5.12. The summed E-state index contributed by atoms with van der Waals surface area (Å²) in [4.78, 5) is 17.3. The number of pyridine rings is 1. The molecule has 0 radical (unpaired) electrons. The number of hydrogen-bond acceptors (Lipinski definition) is 3. The van der Waals surface area contributed by atoms with Crippen LogP contribution >= 0.6 is 0 Å². The molecule has 21 heavy (non-hydrogen) atoms. The van der Waals surface area contributed by atoms with Crippen LogP contribution in [-0.4, -0.2) is 23.0 Å². The van der Waals surface area contributed by atoms with Gasteiger partial charge in [-0.05, 0) is 51.7 Å². The van der Waals surface area contributed by atoms with Crippen LogP contribution in [0.4, 0.5) is 0 Å². The predicted octanol–water partition coefficient (Wildman–Crippen LogP) is 4.01. The Morgan fingerprint density at radius 3 is 2.71 bits per heavy atom. The van der Waals surface area contributed by atoms with Crippen LogP contribution in [0.5, 0.6) is 0 Å². The molecule has 0 N–H and O–H groups in total. The number of Topliss-reactive ketones (excluding diaryl/α,β-unsaturated/α-hetero) is 1. The van der Waals surface area contributed by atoms with Gasteiger partial charge < -0.3 is 4.74 Å². The molecule has 3 rings (SSSR count). The lowest BCUT2D eigenvalue weighted by Crippen LogP contribution is -2.43. The van der Waals surface area contributed by atoms with E-state index >= 15 is 0 Å². The van der Waals surface area contributed by atoms with Crippen LogP contribution in [0.25, 0.3) is 0 Å². The van der Waals surface area contributed by atoms with Crippen molar-refractivity contribution in [3.8, 4) is 0 Å². The normalized spacial score (nSPS) is 25.0. The number of ether oxygens (including phenoxy) is 1. The van der Waals surface area contributed by atoms with E-state index in [1.807, 2.05) is 26.0 Å². The minimum atomic E-state index is -0.0111. The Labute approximate surface area is 127 Å². The maximum Gasteiger partial charge on any atom is 0.167 e. The summed E-state index contributed by atoms with van der Waals surface area (Å²) in [5, 5.41) is 0. The van der Waals surface area contributed by atoms with Gasteiger partial charge in [0.1, 0.15) is 0 Å². The first-order chi connectivity index (χ1) is 10.1. The summed E-state index contributed by atoms with van der Waals surface area (Å²) in [5.74, 6) is 0.383. The average Bonchev–Trinajstić information content (AvgIpc) is 2.47. The van der Waals surface area contributed by atoms with Gasteiger partial charge in [0.05, 0.1) is 5.60 Å². The number of hydrogen-bond donors (Lipinski definition) is 0. The molecule has 1 saturated heterocycles. The van der Waals surface area contributed by atoms with Crippen molar-refractivity contribution in [1.29, 1.82) is 0 Å². The third kappa shape index (κ3) is 3.03. The number of carbonyl (C=O) groups is 1. The monoisotopic (exact) mass is 287 g/mol. The molecule has 1 aromatic rings. The van der Waals surface area contributed by atoms with Gasteiger partial charge in [-0.15, -0.1) is 0 Å². The Hall–Kier alpha value is -1.22. The van der Waals surface area contributed by atoms with Gasteiger partial charge in [0.2, 0.25) is 0 Å².